The molecule has 0 aliphatic rings. The minimum Gasteiger partial charge on any atom is -0.357 e. The zero-order valence-electron chi connectivity index (χ0n) is 16.1. The third-order valence-electron chi connectivity index (χ3n) is 4.52. The van der Waals surface area contributed by atoms with Gasteiger partial charge in [-0.25, -0.2) is 4.98 Å². The number of hydrogen-bond donors (Lipinski definition) is 2. The number of alkyl halides is 3. The van der Waals surface area contributed by atoms with Crippen molar-refractivity contribution in [3.05, 3.63) is 89.2 Å². The van der Waals surface area contributed by atoms with Gasteiger partial charge in [-0.05, 0) is 47.5 Å². The number of rotatable bonds is 6. The molecule has 0 unspecified atom stereocenters. The van der Waals surface area contributed by atoms with Crippen LogP contribution in [0.2, 0.25) is 0 Å². The average Bonchev–Trinajstić information content (AvgIpc) is 3.18. The van der Waals surface area contributed by atoms with Crippen LogP contribution in [0.25, 0.3) is 10.2 Å². The van der Waals surface area contributed by atoms with E-state index in [0.29, 0.717) is 17.7 Å². The number of thiazole rings is 1. The fraction of sp³-hybridized carbons (Fsp3) is 0.136. The first-order chi connectivity index (χ1) is 14.9. The second-order valence-electron chi connectivity index (χ2n) is 6.80. The number of carbonyl (C=O) groups excluding carboxylic acids is 1. The van der Waals surface area contributed by atoms with Crippen molar-refractivity contribution in [2.75, 3.05) is 5.32 Å². The summed E-state index contributed by atoms with van der Waals surface area (Å²) in [5, 5.41) is 6.63. The molecular weight excluding hydrogens is 425 g/mol. The smallest absolute Gasteiger partial charge is 0.357 e. The summed E-state index contributed by atoms with van der Waals surface area (Å²) >= 11 is 1.42. The molecule has 0 spiro atoms. The van der Waals surface area contributed by atoms with E-state index in [9.17, 15) is 18.0 Å². The van der Waals surface area contributed by atoms with Crippen molar-refractivity contribution < 1.29 is 18.0 Å². The molecule has 31 heavy (non-hydrogen) atoms. The van der Waals surface area contributed by atoms with Crippen LogP contribution in [0, 0.1) is 0 Å². The lowest BCUT2D eigenvalue weighted by Gasteiger charge is -2.09. The van der Waals surface area contributed by atoms with Crippen LogP contribution >= 0.6 is 11.3 Å². The lowest BCUT2D eigenvalue weighted by molar-refractivity contribution is -0.137. The Balaban J connectivity index is 1.41. The van der Waals surface area contributed by atoms with Gasteiger partial charge in [-0.3, -0.25) is 9.78 Å². The molecule has 2 N–H and O–H groups in total. The summed E-state index contributed by atoms with van der Waals surface area (Å²) in [4.78, 5) is 21.1. The Morgan fingerprint density at radius 3 is 2.61 bits per heavy atom. The molecule has 0 aliphatic heterocycles. The van der Waals surface area contributed by atoms with Gasteiger partial charge >= 0.3 is 6.18 Å². The van der Waals surface area contributed by atoms with E-state index < -0.39 is 11.7 Å². The predicted molar refractivity (Wildman–Crippen MR) is 114 cm³/mol. The van der Waals surface area contributed by atoms with Gasteiger partial charge in [0.15, 0.2) is 5.13 Å². The van der Waals surface area contributed by atoms with Gasteiger partial charge in [0.25, 0.3) is 5.91 Å². The van der Waals surface area contributed by atoms with Gasteiger partial charge in [0, 0.05) is 31.0 Å². The van der Waals surface area contributed by atoms with Crippen LogP contribution < -0.4 is 10.6 Å². The first-order valence-corrected chi connectivity index (χ1v) is 10.2. The molecule has 0 atom stereocenters. The molecule has 4 aromatic rings. The van der Waals surface area contributed by atoms with Crippen molar-refractivity contribution in [2.45, 2.75) is 19.3 Å². The lowest BCUT2D eigenvalue weighted by Crippen LogP contribution is -2.22. The van der Waals surface area contributed by atoms with E-state index in [1.54, 1.807) is 36.7 Å². The fourth-order valence-electron chi connectivity index (χ4n) is 2.96. The van der Waals surface area contributed by atoms with Crippen molar-refractivity contribution in [1.82, 2.24) is 15.3 Å². The number of pyridine rings is 1. The number of benzene rings is 2. The van der Waals surface area contributed by atoms with E-state index in [1.807, 2.05) is 12.1 Å². The Kier molecular flexibility index (Phi) is 5.85. The monoisotopic (exact) mass is 442 g/mol. The zero-order chi connectivity index (χ0) is 21.8. The Morgan fingerprint density at radius 2 is 1.84 bits per heavy atom. The van der Waals surface area contributed by atoms with E-state index >= 15 is 0 Å². The molecule has 2 aromatic heterocycles. The number of aromatic nitrogens is 2. The summed E-state index contributed by atoms with van der Waals surface area (Å²) < 4.78 is 39.3. The minimum atomic E-state index is -4.42. The summed E-state index contributed by atoms with van der Waals surface area (Å²) in [7, 11) is 0. The number of amides is 1. The maximum absolute atomic E-state index is 12.8. The van der Waals surface area contributed by atoms with Crippen molar-refractivity contribution >= 4 is 32.6 Å². The van der Waals surface area contributed by atoms with Gasteiger partial charge in [0.05, 0.1) is 15.8 Å². The summed E-state index contributed by atoms with van der Waals surface area (Å²) in [6, 6.07) is 13.9. The second-order valence-corrected chi connectivity index (χ2v) is 7.83. The molecule has 2 aromatic carbocycles. The number of nitrogens with zero attached hydrogens (tertiary/aromatic N) is 2. The third-order valence-corrected chi connectivity index (χ3v) is 5.50. The summed E-state index contributed by atoms with van der Waals surface area (Å²) in [5.41, 5.74) is 1.84. The van der Waals surface area contributed by atoms with Gasteiger partial charge in [-0.1, -0.05) is 29.5 Å². The van der Waals surface area contributed by atoms with Crippen molar-refractivity contribution in [2.24, 2.45) is 0 Å². The maximum atomic E-state index is 12.8. The van der Waals surface area contributed by atoms with Crippen LogP contribution in [-0.2, 0) is 19.3 Å². The van der Waals surface area contributed by atoms with E-state index in [2.05, 4.69) is 20.6 Å². The Morgan fingerprint density at radius 1 is 1.00 bits per heavy atom. The number of carbonyl (C=O) groups is 1. The largest absolute Gasteiger partial charge is 0.416 e. The van der Waals surface area contributed by atoms with E-state index in [0.717, 1.165) is 33.0 Å². The molecule has 2 heterocycles. The number of halogens is 3. The number of fused-ring (bicyclic) bond motifs is 1. The molecule has 1 amide bonds. The fourth-order valence-corrected chi connectivity index (χ4v) is 3.86. The molecule has 4 rings (SSSR count). The molecule has 0 saturated carbocycles. The molecular formula is C22H17F3N4OS. The Bertz CT molecular complexity index is 1210. The highest BCUT2D eigenvalue weighted by Crippen LogP contribution is 2.30. The van der Waals surface area contributed by atoms with Crippen LogP contribution in [0.4, 0.5) is 18.3 Å². The Hall–Kier alpha value is -3.46. The molecule has 0 aliphatic carbocycles. The van der Waals surface area contributed by atoms with E-state index in [4.69, 9.17) is 0 Å². The number of hydrogen-bond acceptors (Lipinski definition) is 5. The van der Waals surface area contributed by atoms with Crippen LogP contribution in [0.1, 0.15) is 27.0 Å². The van der Waals surface area contributed by atoms with Crippen LogP contribution in [0.3, 0.4) is 0 Å². The highest BCUT2D eigenvalue weighted by atomic mass is 32.1. The quantitative estimate of drug-likeness (QED) is 0.428. The van der Waals surface area contributed by atoms with E-state index in [1.165, 1.54) is 17.4 Å². The van der Waals surface area contributed by atoms with Gasteiger partial charge in [-0.2, -0.15) is 13.2 Å². The maximum Gasteiger partial charge on any atom is 0.416 e. The van der Waals surface area contributed by atoms with Gasteiger partial charge in [0.1, 0.15) is 0 Å². The van der Waals surface area contributed by atoms with Crippen LogP contribution in [0.15, 0.2) is 67.0 Å². The molecule has 5 nitrogen and oxygen atoms in total. The second kappa shape index (κ2) is 8.73. The van der Waals surface area contributed by atoms with Gasteiger partial charge < -0.3 is 10.6 Å². The van der Waals surface area contributed by atoms with Crippen LogP contribution in [-0.4, -0.2) is 15.9 Å². The first kappa shape index (κ1) is 20.8. The number of anilines is 1. The molecule has 0 bridgehead atoms. The minimum absolute atomic E-state index is 0.00139. The van der Waals surface area contributed by atoms with Crippen LogP contribution in [0.5, 0.6) is 0 Å². The topological polar surface area (TPSA) is 66.9 Å². The Labute approximate surface area is 180 Å². The summed E-state index contributed by atoms with van der Waals surface area (Å²) in [5.74, 6) is -0.363. The third kappa shape index (κ3) is 5.18. The van der Waals surface area contributed by atoms with Crippen molar-refractivity contribution in [1.29, 1.82) is 0 Å². The van der Waals surface area contributed by atoms with Crippen molar-refractivity contribution in [3.8, 4) is 0 Å². The van der Waals surface area contributed by atoms with Gasteiger partial charge in [-0.15, -0.1) is 0 Å². The van der Waals surface area contributed by atoms with Gasteiger partial charge in [0.2, 0.25) is 0 Å². The molecule has 0 saturated heterocycles. The average molecular weight is 442 g/mol. The SMILES string of the molecule is O=C(NCc1cccc(C(F)(F)F)c1)c1ccc2nc(NCc3cccnc3)sc2c1. The predicted octanol–water partition coefficient (Wildman–Crippen LogP) is 5.25. The first-order valence-electron chi connectivity index (χ1n) is 9.36. The highest BCUT2D eigenvalue weighted by molar-refractivity contribution is 7.22. The van der Waals surface area contributed by atoms with E-state index in [-0.39, 0.29) is 12.5 Å². The molecule has 9 heteroatoms. The molecule has 158 valence electrons. The molecule has 0 fully saturated rings. The normalized spacial score (nSPS) is 11.5. The van der Waals surface area contributed by atoms with Crippen molar-refractivity contribution in [3.63, 3.8) is 0 Å². The lowest BCUT2D eigenvalue weighted by atomic mass is 10.1. The zero-order valence-corrected chi connectivity index (χ0v) is 16.9. The summed E-state index contributed by atoms with van der Waals surface area (Å²) in [6.07, 6.45) is -0.937. The number of nitrogens with one attached hydrogen (secondary N) is 2. The molecule has 0 radical (unpaired) electrons. The highest BCUT2D eigenvalue weighted by Gasteiger charge is 2.30. The standard InChI is InChI=1S/C22H17F3N4OS/c23-22(24,25)17-5-1-3-14(9-17)12-27-20(30)16-6-7-18-19(10-16)31-21(29-18)28-13-15-4-2-8-26-11-15/h1-11H,12-13H2,(H,27,30)(H,28,29). The summed E-state index contributed by atoms with van der Waals surface area (Å²) in [6.45, 7) is 0.583.